The van der Waals surface area contributed by atoms with Gasteiger partial charge in [-0.05, 0) is 49.4 Å². The molecule has 2 fully saturated rings. The first kappa shape index (κ1) is 24.5. The number of aromatic nitrogens is 4. The number of hydrogen-bond donors (Lipinski definition) is 1. The third kappa shape index (κ3) is 4.33. The van der Waals surface area contributed by atoms with E-state index in [9.17, 15) is 9.90 Å². The number of nitrogens with zero attached hydrogens (tertiary/aromatic N) is 5. The van der Waals surface area contributed by atoms with Crippen LogP contribution >= 0.6 is 11.3 Å². The van der Waals surface area contributed by atoms with Gasteiger partial charge in [0, 0.05) is 46.3 Å². The molecule has 11 heteroatoms. The van der Waals surface area contributed by atoms with E-state index < -0.39 is 11.8 Å². The number of anilines is 1. The van der Waals surface area contributed by atoms with Gasteiger partial charge < -0.3 is 28.8 Å². The molecule has 0 radical (unpaired) electrons. The second kappa shape index (κ2) is 9.27. The van der Waals surface area contributed by atoms with Crippen LogP contribution < -0.4 is 14.4 Å². The van der Waals surface area contributed by atoms with Gasteiger partial charge in [0.15, 0.2) is 11.5 Å². The zero-order valence-corrected chi connectivity index (χ0v) is 22.8. The minimum absolute atomic E-state index is 0.176. The van der Waals surface area contributed by atoms with Gasteiger partial charge in [0.05, 0.1) is 23.9 Å². The van der Waals surface area contributed by atoms with Gasteiger partial charge in [-0.2, -0.15) is 5.10 Å². The number of fused-ring (bicyclic) bond motifs is 2. The molecule has 2 atom stereocenters. The van der Waals surface area contributed by atoms with Crippen LogP contribution in [-0.4, -0.2) is 56.2 Å². The molecule has 0 amide bonds. The average molecular weight is 550 g/mol. The van der Waals surface area contributed by atoms with Crippen LogP contribution in [0.3, 0.4) is 0 Å². The molecule has 7 rings (SSSR count). The van der Waals surface area contributed by atoms with Gasteiger partial charge in [0.25, 0.3) is 5.79 Å². The number of ether oxygens (including phenoxy) is 3. The summed E-state index contributed by atoms with van der Waals surface area (Å²) in [5.41, 5.74) is 2.70. The molecule has 0 bridgehead atoms. The summed E-state index contributed by atoms with van der Waals surface area (Å²) in [7, 11) is 1.88. The smallest absolute Gasteiger partial charge is 0.346 e. The zero-order valence-electron chi connectivity index (χ0n) is 22.0. The summed E-state index contributed by atoms with van der Waals surface area (Å²) in [6.07, 6.45) is 6.02. The van der Waals surface area contributed by atoms with E-state index in [-0.39, 0.29) is 6.10 Å². The summed E-state index contributed by atoms with van der Waals surface area (Å²) in [6, 6.07) is 9.76. The van der Waals surface area contributed by atoms with Crippen molar-refractivity contribution in [1.82, 2.24) is 19.3 Å². The van der Waals surface area contributed by atoms with Crippen LogP contribution in [-0.2, 0) is 30.5 Å². The van der Waals surface area contributed by atoms with Crippen molar-refractivity contribution in [3.05, 3.63) is 52.9 Å². The van der Waals surface area contributed by atoms with Gasteiger partial charge in [-0.15, -0.1) is 11.3 Å². The Labute approximate surface area is 229 Å². The van der Waals surface area contributed by atoms with Crippen molar-refractivity contribution in [3.63, 3.8) is 0 Å². The number of rotatable bonds is 7. The van der Waals surface area contributed by atoms with Gasteiger partial charge >= 0.3 is 5.97 Å². The van der Waals surface area contributed by atoms with Crippen molar-refractivity contribution in [3.8, 4) is 11.5 Å². The molecule has 0 aliphatic carbocycles. The van der Waals surface area contributed by atoms with Crippen LogP contribution in [0.25, 0.3) is 10.3 Å². The lowest BCUT2D eigenvalue weighted by atomic mass is 9.92. The Balaban J connectivity index is 1.06. The second-order valence-electron chi connectivity index (χ2n) is 10.8. The standard InChI is InChI=1S/C28H31N5O5S/c1-28(23-8-10-31(2)30-23)37-21-5-3-4-19(25(21)38-28)32-11-6-17(7-12-32)14-24-29-26-20(15-22(39-26)27(34)35)33(24)16-18-9-13-36-18/h3-5,8,10,15,17-18H,6-7,9,11-14,16H2,1-2H3,(H,34,35)/t18-,28-/m0/s1. The van der Waals surface area contributed by atoms with E-state index in [0.29, 0.717) is 10.8 Å². The van der Waals surface area contributed by atoms with Gasteiger partial charge in [-0.1, -0.05) is 6.07 Å². The van der Waals surface area contributed by atoms with Crippen LogP contribution in [0.2, 0.25) is 0 Å². The average Bonchev–Trinajstić information content (AvgIpc) is 3.64. The Morgan fingerprint density at radius 2 is 2.03 bits per heavy atom. The molecule has 3 aromatic heterocycles. The highest BCUT2D eigenvalue weighted by Gasteiger charge is 2.43. The number of carbonyl (C=O) groups is 1. The lowest BCUT2D eigenvalue weighted by molar-refractivity contribution is -0.0719. The van der Waals surface area contributed by atoms with Gasteiger partial charge in [0.1, 0.15) is 21.2 Å². The van der Waals surface area contributed by atoms with Crippen molar-refractivity contribution in [2.24, 2.45) is 13.0 Å². The van der Waals surface area contributed by atoms with E-state index in [2.05, 4.69) is 20.6 Å². The quantitative estimate of drug-likeness (QED) is 0.361. The summed E-state index contributed by atoms with van der Waals surface area (Å²) < 4.78 is 22.3. The van der Waals surface area contributed by atoms with Crippen molar-refractivity contribution < 1.29 is 24.1 Å². The van der Waals surface area contributed by atoms with Crippen LogP contribution in [0.1, 0.15) is 47.4 Å². The highest BCUT2D eigenvalue weighted by Crippen LogP contribution is 2.49. The number of piperidine rings is 1. The number of benzene rings is 1. The molecule has 3 aliphatic rings. The van der Waals surface area contributed by atoms with Gasteiger partial charge in [0.2, 0.25) is 0 Å². The topological polar surface area (TPSA) is 104 Å². The first-order chi connectivity index (χ1) is 18.9. The van der Waals surface area contributed by atoms with Crippen molar-refractivity contribution >= 4 is 33.3 Å². The SMILES string of the molecule is Cn1ccc([C@@]2(C)Oc3cccc(N4CCC(Cc5nc6sc(C(=O)O)cc6n5C[C@@H]5CCO5)CC4)c3O2)n1. The molecular weight excluding hydrogens is 518 g/mol. The maximum Gasteiger partial charge on any atom is 0.346 e. The lowest BCUT2D eigenvalue weighted by Gasteiger charge is -2.34. The molecule has 4 aromatic rings. The Kier molecular flexibility index (Phi) is 5.82. The summed E-state index contributed by atoms with van der Waals surface area (Å²) in [4.78, 5) is 19.9. The zero-order chi connectivity index (χ0) is 26.7. The molecule has 1 aromatic carbocycles. The first-order valence-corrected chi connectivity index (χ1v) is 14.3. The first-order valence-electron chi connectivity index (χ1n) is 13.5. The number of hydrogen-bond acceptors (Lipinski definition) is 8. The fourth-order valence-electron chi connectivity index (χ4n) is 5.82. The molecule has 0 spiro atoms. The molecule has 39 heavy (non-hydrogen) atoms. The minimum atomic E-state index is -0.952. The van der Waals surface area contributed by atoms with Crippen LogP contribution in [0.4, 0.5) is 5.69 Å². The Morgan fingerprint density at radius 3 is 2.72 bits per heavy atom. The third-order valence-corrected chi connectivity index (χ3v) is 9.09. The number of para-hydroxylation sites is 1. The largest absolute Gasteiger partial charge is 0.477 e. The molecule has 204 valence electrons. The van der Waals surface area contributed by atoms with E-state index in [1.165, 1.54) is 11.3 Å². The summed E-state index contributed by atoms with van der Waals surface area (Å²) in [5.74, 6) is 1.18. The number of carboxylic acids is 1. The molecule has 2 saturated heterocycles. The highest BCUT2D eigenvalue weighted by molar-refractivity contribution is 7.20. The highest BCUT2D eigenvalue weighted by atomic mass is 32.1. The van der Waals surface area contributed by atoms with Crippen LogP contribution in [0, 0.1) is 5.92 Å². The maximum absolute atomic E-state index is 11.5. The van der Waals surface area contributed by atoms with Gasteiger partial charge in [-0.3, -0.25) is 4.68 Å². The molecule has 0 unspecified atom stereocenters. The number of thiophene rings is 1. The summed E-state index contributed by atoms with van der Waals surface area (Å²) >= 11 is 1.25. The summed E-state index contributed by atoms with van der Waals surface area (Å²) in [5, 5.41) is 14.0. The molecule has 0 saturated carbocycles. The van der Waals surface area contributed by atoms with E-state index in [0.717, 1.165) is 91.0 Å². The Morgan fingerprint density at radius 1 is 1.21 bits per heavy atom. The van der Waals surface area contributed by atoms with E-state index >= 15 is 0 Å². The Bertz CT molecular complexity index is 1550. The van der Waals surface area contributed by atoms with E-state index in [1.54, 1.807) is 10.7 Å². The van der Waals surface area contributed by atoms with Crippen molar-refractivity contribution in [2.45, 2.75) is 51.0 Å². The predicted octanol–water partition coefficient (Wildman–Crippen LogP) is 4.42. The van der Waals surface area contributed by atoms with E-state index in [4.69, 9.17) is 19.2 Å². The molecular formula is C28H31N5O5S. The van der Waals surface area contributed by atoms with Gasteiger partial charge in [-0.25, -0.2) is 9.78 Å². The Hall–Kier alpha value is -3.57. The number of imidazole rings is 1. The monoisotopic (exact) mass is 549 g/mol. The predicted molar refractivity (Wildman–Crippen MR) is 146 cm³/mol. The second-order valence-corrected chi connectivity index (χ2v) is 11.8. The normalized spacial score (nSPS) is 22.9. The summed E-state index contributed by atoms with van der Waals surface area (Å²) in [6.45, 7) is 5.25. The number of aromatic carboxylic acids is 1. The molecule has 10 nitrogen and oxygen atoms in total. The maximum atomic E-state index is 11.5. The third-order valence-electron chi connectivity index (χ3n) is 8.08. The molecule has 3 aliphatic heterocycles. The molecule has 6 heterocycles. The fourth-order valence-corrected chi connectivity index (χ4v) is 6.71. The lowest BCUT2D eigenvalue weighted by Crippen LogP contribution is -2.36. The van der Waals surface area contributed by atoms with Crippen LogP contribution in [0.15, 0.2) is 36.5 Å². The fraction of sp³-hybridized carbons (Fsp3) is 0.464. The van der Waals surface area contributed by atoms with Crippen molar-refractivity contribution in [1.29, 1.82) is 0 Å². The van der Waals surface area contributed by atoms with E-state index in [1.807, 2.05) is 38.4 Å². The minimum Gasteiger partial charge on any atom is -0.477 e. The van der Waals surface area contributed by atoms with Crippen molar-refractivity contribution in [2.75, 3.05) is 24.6 Å². The molecule has 1 N–H and O–H groups in total. The number of aryl methyl sites for hydroxylation is 1. The number of carboxylic acid groups (broad SMARTS) is 1. The van der Waals surface area contributed by atoms with Crippen LogP contribution in [0.5, 0.6) is 11.5 Å².